The fraction of sp³-hybridized carbons (Fsp3) is 0.968. The van der Waals surface area contributed by atoms with Gasteiger partial charge in [-0.2, -0.15) is 0 Å². The van der Waals surface area contributed by atoms with Crippen molar-refractivity contribution in [2.75, 3.05) is 19.8 Å². The minimum Gasteiger partial charge on any atom is -0.463 e. The van der Waals surface area contributed by atoms with Crippen molar-refractivity contribution in [3.8, 4) is 0 Å². The number of esters is 1. The predicted octanol–water partition coefficient (Wildman–Crippen LogP) is 8.02. The molecule has 0 aromatic carbocycles. The third kappa shape index (κ3) is 29.6. The average Bonchev–Trinajstić information content (AvgIpc) is 2.89. The predicted molar refractivity (Wildman–Crippen MR) is 151 cm³/mol. The molecule has 5 heteroatoms. The fourth-order valence-electron chi connectivity index (χ4n) is 4.76. The van der Waals surface area contributed by atoms with Gasteiger partial charge in [-0.15, -0.1) is 0 Å². The largest absolute Gasteiger partial charge is 0.463 e. The van der Waals surface area contributed by atoms with Crippen LogP contribution in [0.5, 0.6) is 0 Å². The molecule has 1 atom stereocenters. The molecule has 0 saturated carbocycles. The molecule has 0 rings (SSSR count). The first-order valence-corrected chi connectivity index (χ1v) is 15.8. The number of rotatable bonds is 30. The van der Waals surface area contributed by atoms with Gasteiger partial charge in [0.15, 0.2) is 0 Å². The molecule has 0 fully saturated rings. The molecule has 0 aromatic rings. The lowest BCUT2D eigenvalue weighted by molar-refractivity contribution is -0.147. The number of aliphatic hydroxyl groups is 3. The Morgan fingerprint density at radius 2 is 0.750 bits per heavy atom. The minimum atomic E-state index is -0.960. The van der Waals surface area contributed by atoms with Gasteiger partial charge >= 0.3 is 5.97 Å². The van der Waals surface area contributed by atoms with Crippen LogP contribution in [0.25, 0.3) is 0 Å². The summed E-state index contributed by atoms with van der Waals surface area (Å²) < 4.78 is 4.90. The lowest BCUT2D eigenvalue weighted by Crippen LogP contribution is -2.21. The molecule has 0 spiro atoms. The van der Waals surface area contributed by atoms with Crippen molar-refractivity contribution in [3.63, 3.8) is 0 Å². The Labute approximate surface area is 223 Å². The second-order valence-electron chi connectivity index (χ2n) is 10.8. The molecule has 0 aliphatic rings. The van der Waals surface area contributed by atoms with Crippen molar-refractivity contribution >= 4 is 5.97 Å². The Hall–Kier alpha value is -0.650. The first kappa shape index (κ1) is 35.4. The average molecular weight is 515 g/mol. The number of ether oxygens (including phenoxy) is 1. The third-order valence-corrected chi connectivity index (χ3v) is 7.19. The number of hydrogen-bond donors (Lipinski definition) is 3. The van der Waals surface area contributed by atoms with E-state index in [9.17, 15) is 4.79 Å². The van der Waals surface area contributed by atoms with Gasteiger partial charge < -0.3 is 20.1 Å². The van der Waals surface area contributed by atoms with Gasteiger partial charge in [0.1, 0.15) is 12.7 Å². The second-order valence-corrected chi connectivity index (χ2v) is 10.8. The van der Waals surface area contributed by atoms with Crippen molar-refractivity contribution in [1.29, 1.82) is 0 Å². The maximum atomic E-state index is 11.5. The van der Waals surface area contributed by atoms with Gasteiger partial charge in [0, 0.05) is 13.0 Å². The molecular weight excluding hydrogens is 452 g/mol. The molecule has 216 valence electrons. The highest BCUT2D eigenvalue weighted by Crippen LogP contribution is 2.16. The zero-order valence-corrected chi connectivity index (χ0v) is 23.7. The summed E-state index contributed by atoms with van der Waals surface area (Å²) in [5.41, 5.74) is 0. The van der Waals surface area contributed by atoms with Gasteiger partial charge in [0.25, 0.3) is 0 Å². The van der Waals surface area contributed by atoms with E-state index < -0.39 is 6.10 Å². The van der Waals surface area contributed by atoms with E-state index in [0.717, 1.165) is 19.3 Å². The Bertz CT molecular complexity index is 429. The van der Waals surface area contributed by atoms with E-state index in [0.29, 0.717) is 13.0 Å². The van der Waals surface area contributed by atoms with Crippen LogP contribution >= 0.6 is 0 Å². The van der Waals surface area contributed by atoms with Crippen molar-refractivity contribution in [1.82, 2.24) is 0 Å². The van der Waals surface area contributed by atoms with E-state index >= 15 is 0 Å². The molecule has 0 radical (unpaired) electrons. The number of aliphatic hydroxyl groups excluding tert-OH is 3. The van der Waals surface area contributed by atoms with E-state index in [4.69, 9.17) is 20.1 Å². The summed E-state index contributed by atoms with van der Waals surface area (Å²) >= 11 is 0. The Balaban J connectivity index is 3.09. The Morgan fingerprint density at radius 1 is 0.472 bits per heavy atom. The van der Waals surface area contributed by atoms with E-state index in [1.165, 1.54) is 141 Å². The molecule has 0 aromatic heterocycles. The van der Waals surface area contributed by atoms with Crippen LogP contribution in [-0.2, 0) is 9.53 Å². The minimum absolute atomic E-state index is 0.107. The summed E-state index contributed by atoms with van der Waals surface area (Å²) in [5, 5.41) is 26.6. The summed E-state index contributed by atoms with van der Waals surface area (Å²) in [6.07, 6.45) is 32.4. The molecular formula is C31H62O5. The summed E-state index contributed by atoms with van der Waals surface area (Å²) in [6.45, 7) is -0.121. The second kappa shape index (κ2) is 30.6. The molecule has 0 saturated heterocycles. The summed E-state index contributed by atoms with van der Waals surface area (Å²) in [7, 11) is 0. The molecule has 1 unspecified atom stereocenters. The first-order chi connectivity index (χ1) is 17.7. The van der Waals surface area contributed by atoms with E-state index in [1.807, 2.05) is 0 Å². The number of hydrogen-bond acceptors (Lipinski definition) is 5. The number of unbranched alkanes of at least 4 members (excludes halogenated alkanes) is 24. The standard InChI is InChI=1S/C31H62O5/c32-27-25-23-21-19-17-15-13-11-9-7-5-3-1-2-4-6-8-10-12-14-16-18-20-22-24-26-31(35)36-29-30(34)28-33/h30,32-34H,1-29H2. The lowest BCUT2D eigenvalue weighted by Gasteiger charge is -2.08. The van der Waals surface area contributed by atoms with E-state index in [-0.39, 0.29) is 19.2 Å². The highest BCUT2D eigenvalue weighted by molar-refractivity contribution is 5.69. The molecule has 0 aliphatic heterocycles. The maximum Gasteiger partial charge on any atom is 0.305 e. The van der Waals surface area contributed by atoms with Gasteiger partial charge in [-0.25, -0.2) is 0 Å². The number of carbonyl (C=O) groups excluding carboxylic acids is 1. The van der Waals surface area contributed by atoms with Crippen molar-refractivity contribution in [2.45, 2.75) is 173 Å². The van der Waals surface area contributed by atoms with Crippen LogP contribution < -0.4 is 0 Å². The monoisotopic (exact) mass is 514 g/mol. The SMILES string of the molecule is O=C(CCCCCCCCCCCCCCCCCCCCCCCCCCCO)OCC(O)CO. The molecule has 5 nitrogen and oxygen atoms in total. The first-order valence-electron chi connectivity index (χ1n) is 15.8. The third-order valence-electron chi connectivity index (χ3n) is 7.19. The highest BCUT2D eigenvalue weighted by atomic mass is 16.5. The maximum absolute atomic E-state index is 11.5. The van der Waals surface area contributed by atoms with Crippen LogP contribution in [0.1, 0.15) is 167 Å². The van der Waals surface area contributed by atoms with Gasteiger partial charge in [0.2, 0.25) is 0 Å². The quantitative estimate of drug-likeness (QED) is 0.0667. The summed E-state index contributed by atoms with van der Waals surface area (Å²) in [6, 6.07) is 0. The van der Waals surface area contributed by atoms with Crippen LogP contribution in [0.2, 0.25) is 0 Å². The Morgan fingerprint density at radius 3 is 1.03 bits per heavy atom. The van der Waals surface area contributed by atoms with Crippen LogP contribution in [0.15, 0.2) is 0 Å². The molecule has 36 heavy (non-hydrogen) atoms. The van der Waals surface area contributed by atoms with E-state index in [1.54, 1.807) is 0 Å². The van der Waals surface area contributed by atoms with Crippen molar-refractivity contribution in [3.05, 3.63) is 0 Å². The topological polar surface area (TPSA) is 87.0 Å². The van der Waals surface area contributed by atoms with Crippen LogP contribution in [-0.4, -0.2) is 47.2 Å². The van der Waals surface area contributed by atoms with Gasteiger partial charge in [0.05, 0.1) is 6.61 Å². The highest BCUT2D eigenvalue weighted by Gasteiger charge is 2.07. The molecule has 0 aliphatic carbocycles. The normalized spacial score (nSPS) is 12.2. The number of carbonyl (C=O) groups is 1. The summed E-state index contributed by atoms with van der Waals surface area (Å²) in [4.78, 5) is 11.5. The molecule has 0 bridgehead atoms. The fourth-order valence-corrected chi connectivity index (χ4v) is 4.76. The van der Waals surface area contributed by atoms with Gasteiger partial charge in [-0.3, -0.25) is 4.79 Å². The summed E-state index contributed by atoms with van der Waals surface area (Å²) in [5.74, 6) is -0.276. The zero-order chi connectivity index (χ0) is 26.4. The van der Waals surface area contributed by atoms with Gasteiger partial charge in [-0.05, 0) is 12.8 Å². The van der Waals surface area contributed by atoms with E-state index in [2.05, 4.69) is 0 Å². The zero-order valence-electron chi connectivity index (χ0n) is 23.7. The molecule has 0 heterocycles. The van der Waals surface area contributed by atoms with Crippen LogP contribution in [0.3, 0.4) is 0 Å². The van der Waals surface area contributed by atoms with Crippen molar-refractivity contribution < 1.29 is 24.9 Å². The van der Waals surface area contributed by atoms with Crippen molar-refractivity contribution in [2.24, 2.45) is 0 Å². The molecule has 3 N–H and O–H groups in total. The van der Waals surface area contributed by atoms with Crippen LogP contribution in [0.4, 0.5) is 0 Å². The lowest BCUT2D eigenvalue weighted by atomic mass is 10.0. The van der Waals surface area contributed by atoms with Gasteiger partial charge in [-0.1, -0.05) is 148 Å². The van der Waals surface area contributed by atoms with Crippen LogP contribution in [0, 0.1) is 0 Å². The smallest absolute Gasteiger partial charge is 0.305 e. The molecule has 0 amide bonds. The Kier molecular flexibility index (Phi) is 30.0.